The lowest BCUT2D eigenvalue weighted by Crippen LogP contribution is -2.63. The lowest BCUT2D eigenvalue weighted by molar-refractivity contribution is -0.222. The number of hydrogen-bond acceptors (Lipinski definition) is 7. The fourth-order valence-electron chi connectivity index (χ4n) is 3.96. The maximum absolute atomic E-state index is 12.8. The average molecular weight is 488 g/mol. The number of ether oxygens (including phenoxy) is 1. The third-order valence-electron chi connectivity index (χ3n) is 5.90. The van der Waals surface area contributed by atoms with E-state index in [-0.39, 0.29) is 18.5 Å². The van der Waals surface area contributed by atoms with Crippen LogP contribution in [0.3, 0.4) is 0 Å². The van der Waals surface area contributed by atoms with E-state index in [1.165, 1.54) is 44.9 Å². The molecule has 1 rings (SSSR count). The van der Waals surface area contributed by atoms with Crippen molar-refractivity contribution in [1.82, 2.24) is 5.32 Å². The first-order valence-corrected chi connectivity index (χ1v) is 12.3. The van der Waals surface area contributed by atoms with Crippen LogP contribution in [0.25, 0.3) is 0 Å². The predicted molar refractivity (Wildman–Crippen MR) is 132 cm³/mol. The van der Waals surface area contributed by atoms with E-state index in [4.69, 9.17) is 27.7 Å². The fourth-order valence-corrected chi connectivity index (χ4v) is 3.96. The van der Waals surface area contributed by atoms with Crippen LogP contribution < -0.4 is 28.3 Å². The number of carbonyl (C=O) groups is 1. The number of rotatable bonds is 16. The molecular weight excluding hydrogens is 442 g/mol. The highest BCUT2D eigenvalue weighted by molar-refractivity contribution is 5.86. The number of guanidine groups is 2. The monoisotopic (exact) mass is 487 g/mol. The molecule has 1 aliphatic rings. The summed E-state index contributed by atoms with van der Waals surface area (Å²) in [6, 6.07) is -1.33. The fraction of sp³-hybridized carbons (Fsp3) is 0.864. The third-order valence-corrected chi connectivity index (χ3v) is 5.90. The van der Waals surface area contributed by atoms with Crippen LogP contribution >= 0.6 is 0 Å². The number of carbonyl (C=O) groups excluding carboxylic acids is 1. The van der Waals surface area contributed by atoms with E-state index in [0.29, 0.717) is 6.54 Å². The number of hydrogen-bond donors (Lipinski definition) is 8. The third kappa shape index (κ3) is 10.9. The minimum atomic E-state index is -1.61. The van der Waals surface area contributed by atoms with Crippen LogP contribution in [0.5, 0.6) is 0 Å². The van der Waals surface area contributed by atoms with Gasteiger partial charge in [0.15, 0.2) is 18.0 Å². The van der Waals surface area contributed by atoms with E-state index in [0.717, 1.165) is 19.3 Å². The van der Waals surface area contributed by atoms with E-state index in [2.05, 4.69) is 22.2 Å². The molecule has 0 aromatic heterocycles. The quantitative estimate of drug-likeness (QED) is 0.0740. The van der Waals surface area contributed by atoms with Gasteiger partial charge in [-0.15, -0.1) is 0 Å². The molecule has 0 aromatic carbocycles. The van der Waals surface area contributed by atoms with Crippen LogP contribution in [-0.2, 0) is 9.53 Å². The Hall–Kier alpha value is -2.15. The Morgan fingerprint density at radius 2 is 1.41 bits per heavy atom. The van der Waals surface area contributed by atoms with Crippen molar-refractivity contribution in [3.63, 3.8) is 0 Å². The average Bonchev–Trinajstić information content (AvgIpc) is 2.79. The Bertz CT molecular complexity index is 641. The lowest BCUT2D eigenvalue weighted by atomic mass is 9.91. The first-order chi connectivity index (χ1) is 16.2. The molecule has 1 saturated heterocycles. The summed E-state index contributed by atoms with van der Waals surface area (Å²) in [5.41, 5.74) is 21.6. The SMILES string of the molecule is CCCCCCCCCCCCNC(=O)[C@H](N=C(N)N)[C@@H]1O[C@H](CN=C(N)N)[C@@H](O)[C@H](O)[C@H]1O. The zero-order valence-electron chi connectivity index (χ0n) is 20.3. The number of amides is 1. The molecule has 1 fully saturated rings. The van der Waals surface area contributed by atoms with Gasteiger partial charge in [0.1, 0.15) is 30.5 Å². The van der Waals surface area contributed by atoms with Gasteiger partial charge in [-0.2, -0.15) is 0 Å². The molecule has 1 heterocycles. The lowest BCUT2D eigenvalue weighted by Gasteiger charge is -2.41. The first kappa shape index (κ1) is 29.9. The Kier molecular flexibility index (Phi) is 14.5. The van der Waals surface area contributed by atoms with Crippen LogP contribution in [0.15, 0.2) is 9.98 Å². The molecule has 0 radical (unpaired) electrons. The maximum Gasteiger partial charge on any atom is 0.247 e. The zero-order valence-corrected chi connectivity index (χ0v) is 20.3. The number of nitrogens with one attached hydrogen (secondary N) is 1. The van der Waals surface area contributed by atoms with Crippen LogP contribution in [0.4, 0.5) is 0 Å². The second kappa shape index (κ2) is 16.5. The predicted octanol–water partition coefficient (Wildman–Crippen LogP) is -1.21. The summed E-state index contributed by atoms with van der Waals surface area (Å²) in [7, 11) is 0. The number of nitrogens with zero attached hydrogens (tertiary/aromatic N) is 2. The molecule has 1 aliphatic heterocycles. The Morgan fingerprint density at radius 1 is 0.853 bits per heavy atom. The van der Waals surface area contributed by atoms with Crippen LogP contribution in [0, 0.1) is 0 Å². The van der Waals surface area contributed by atoms with Crippen LogP contribution in [0.1, 0.15) is 71.1 Å². The molecule has 12 N–H and O–H groups in total. The Labute approximate surface area is 202 Å². The van der Waals surface area contributed by atoms with Gasteiger partial charge in [0.2, 0.25) is 5.91 Å². The molecule has 12 heteroatoms. The number of unbranched alkanes of at least 4 members (excludes halogenated alkanes) is 9. The largest absolute Gasteiger partial charge is 0.388 e. The van der Waals surface area contributed by atoms with Crippen molar-refractivity contribution in [3.8, 4) is 0 Å². The number of aliphatic imine (C=N–C) groups is 2. The Morgan fingerprint density at radius 3 is 1.94 bits per heavy atom. The van der Waals surface area contributed by atoms with E-state index in [9.17, 15) is 20.1 Å². The molecule has 0 aromatic rings. The molecule has 34 heavy (non-hydrogen) atoms. The van der Waals surface area contributed by atoms with Gasteiger partial charge >= 0.3 is 0 Å². The summed E-state index contributed by atoms with van der Waals surface area (Å²) < 4.78 is 5.67. The minimum absolute atomic E-state index is 0.182. The van der Waals surface area contributed by atoms with E-state index in [1.54, 1.807) is 0 Å². The highest BCUT2D eigenvalue weighted by Crippen LogP contribution is 2.25. The number of aliphatic hydroxyl groups is 3. The molecule has 0 bridgehead atoms. The van der Waals surface area contributed by atoms with Crippen LogP contribution in [-0.4, -0.2) is 82.8 Å². The van der Waals surface area contributed by atoms with Gasteiger partial charge in [-0.1, -0.05) is 64.7 Å². The molecular formula is C22H45N7O5. The standard InChI is InChI=1S/C22H45N7O5/c1-2-3-4-5-6-7-8-9-10-11-12-27-20(33)15(29-22(25)26)19-18(32)17(31)16(30)14(34-19)13-28-21(23)24/h14-19,30-32H,2-13H2,1H3,(H,27,33)(H4,23,24,28)(H4,25,26,29)/t14-,15-,16-,17+,18-,19+/m1/s1. The van der Waals surface area contributed by atoms with Gasteiger partial charge in [0.05, 0.1) is 6.54 Å². The van der Waals surface area contributed by atoms with Crippen molar-refractivity contribution >= 4 is 17.8 Å². The highest BCUT2D eigenvalue weighted by Gasteiger charge is 2.48. The van der Waals surface area contributed by atoms with Crippen LogP contribution in [0.2, 0.25) is 0 Å². The molecule has 0 spiro atoms. The smallest absolute Gasteiger partial charge is 0.247 e. The van der Waals surface area contributed by atoms with Gasteiger partial charge in [0, 0.05) is 6.54 Å². The van der Waals surface area contributed by atoms with Crippen molar-refractivity contribution in [2.75, 3.05) is 13.1 Å². The Balaban J connectivity index is 2.56. The summed E-state index contributed by atoms with van der Waals surface area (Å²) >= 11 is 0. The molecule has 12 nitrogen and oxygen atoms in total. The van der Waals surface area contributed by atoms with Crippen molar-refractivity contribution in [2.24, 2.45) is 32.9 Å². The summed E-state index contributed by atoms with van der Waals surface area (Å²) in [6.45, 7) is 2.44. The second-order valence-electron chi connectivity index (χ2n) is 8.85. The van der Waals surface area contributed by atoms with Crippen molar-refractivity contribution in [3.05, 3.63) is 0 Å². The van der Waals surface area contributed by atoms with Gasteiger partial charge in [-0.3, -0.25) is 9.79 Å². The molecule has 198 valence electrons. The summed E-state index contributed by atoms with van der Waals surface area (Å²) in [5.74, 6) is -1.17. The van der Waals surface area contributed by atoms with E-state index >= 15 is 0 Å². The summed E-state index contributed by atoms with van der Waals surface area (Å²) in [4.78, 5) is 20.5. The highest BCUT2D eigenvalue weighted by atomic mass is 16.5. The maximum atomic E-state index is 12.8. The first-order valence-electron chi connectivity index (χ1n) is 12.3. The van der Waals surface area contributed by atoms with Gasteiger partial charge in [0.25, 0.3) is 0 Å². The summed E-state index contributed by atoms with van der Waals surface area (Å²) in [6.07, 6.45) is 4.64. The van der Waals surface area contributed by atoms with Crippen molar-refractivity contribution in [2.45, 2.75) is 108 Å². The minimum Gasteiger partial charge on any atom is -0.388 e. The van der Waals surface area contributed by atoms with Gasteiger partial charge < -0.3 is 48.3 Å². The van der Waals surface area contributed by atoms with E-state index < -0.39 is 42.5 Å². The van der Waals surface area contributed by atoms with Crippen molar-refractivity contribution in [1.29, 1.82) is 0 Å². The summed E-state index contributed by atoms with van der Waals surface area (Å²) in [5, 5.41) is 33.7. The van der Waals surface area contributed by atoms with E-state index in [1.807, 2.05) is 0 Å². The number of aliphatic hydroxyl groups excluding tert-OH is 3. The molecule has 0 unspecified atom stereocenters. The molecule has 0 saturated carbocycles. The molecule has 6 atom stereocenters. The van der Waals surface area contributed by atoms with Gasteiger partial charge in [-0.25, -0.2) is 4.99 Å². The molecule has 0 aliphatic carbocycles. The number of nitrogens with two attached hydrogens (primary N) is 4. The van der Waals surface area contributed by atoms with Gasteiger partial charge in [-0.05, 0) is 6.42 Å². The zero-order chi connectivity index (χ0) is 25.5. The van der Waals surface area contributed by atoms with Crippen molar-refractivity contribution < 1.29 is 24.9 Å². The second-order valence-corrected chi connectivity index (χ2v) is 8.85. The normalized spacial score (nSPS) is 25.4. The topological polar surface area (TPSA) is 228 Å². The molecule has 1 amide bonds.